The zero-order valence-corrected chi connectivity index (χ0v) is 14.3. The average Bonchev–Trinajstić information content (AvgIpc) is 2.51. The van der Waals surface area contributed by atoms with Crippen molar-refractivity contribution in [2.75, 3.05) is 43.4 Å². The number of hydrogen-bond donors (Lipinski definition) is 1. The number of aryl methyl sites for hydroxylation is 1. The summed E-state index contributed by atoms with van der Waals surface area (Å²) in [5, 5.41) is 11.4. The van der Waals surface area contributed by atoms with Crippen LogP contribution in [-0.2, 0) is 0 Å². The van der Waals surface area contributed by atoms with Crippen LogP contribution < -0.4 is 10.2 Å². The van der Waals surface area contributed by atoms with E-state index in [0.717, 1.165) is 47.7 Å². The highest BCUT2D eigenvalue weighted by molar-refractivity contribution is 9.10. The first-order valence-corrected chi connectivity index (χ1v) is 8.07. The lowest BCUT2D eigenvalue weighted by molar-refractivity contribution is 0.312. The van der Waals surface area contributed by atoms with Crippen LogP contribution in [0, 0.1) is 6.92 Å². The van der Waals surface area contributed by atoms with Crippen LogP contribution >= 0.6 is 15.9 Å². The number of rotatable bonds is 3. The first-order chi connectivity index (χ1) is 10.6. The third-order valence-electron chi connectivity index (χ3n) is 3.81. The molecule has 1 aliphatic rings. The van der Waals surface area contributed by atoms with E-state index in [1.54, 1.807) is 6.20 Å². The van der Waals surface area contributed by atoms with Gasteiger partial charge >= 0.3 is 0 Å². The minimum atomic E-state index is 0.529. The fourth-order valence-electron chi connectivity index (χ4n) is 2.42. The Morgan fingerprint density at radius 3 is 2.68 bits per heavy atom. The Bertz CT molecular complexity index is 654. The van der Waals surface area contributed by atoms with Gasteiger partial charge in [0.1, 0.15) is 0 Å². The van der Waals surface area contributed by atoms with Crippen LogP contribution in [0.25, 0.3) is 0 Å². The summed E-state index contributed by atoms with van der Waals surface area (Å²) in [6.45, 7) is 6.06. The molecule has 22 heavy (non-hydrogen) atoms. The number of nitrogens with one attached hydrogen (secondary N) is 1. The van der Waals surface area contributed by atoms with E-state index in [0.29, 0.717) is 5.95 Å². The van der Waals surface area contributed by atoms with E-state index in [1.807, 2.05) is 19.1 Å². The van der Waals surface area contributed by atoms with Gasteiger partial charge in [-0.2, -0.15) is 10.1 Å². The summed E-state index contributed by atoms with van der Waals surface area (Å²) < 4.78 is 1.06. The number of aromatic nitrogens is 3. The maximum absolute atomic E-state index is 4.59. The Balaban J connectivity index is 1.76. The molecule has 1 saturated heterocycles. The van der Waals surface area contributed by atoms with Crippen molar-refractivity contribution >= 4 is 33.4 Å². The maximum Gasteiger partial charge on any atom is 0.249 e. The van der Waals surface area contributed by atoms with Crippen molar-refractivity contribution in [2.45, 2.75) is 6.92 Å². The Morgan fingerprint density at radius 1 is 1.18 bits per heavy atom. The van der Waals surface area contributed by atoms with E-state index in [2.05, 4.69) is 59.3 Å². The van der Waals surface area contributed by atoms with E-state index >= 15 is 0 Å². The van der Waals surface area contributed by atoms with Crippen molar-refractivity contribution in [3.05, 3.63) is 34.4 Å². The third-order valence-corrected chi connectivity index (χ3v) is 4.30. The topological polar surface area (TPSA) is 57.2 Å². The molecule has 3 rings (SSSR count). The molecule has 7 heteroatoms. The minimum Gasteiger partial charge on any atom is -0.353 e. The number of piperazine rings is 1. The predicted molar refractivity (Wildman–Crippen MR) is 91.7 cm³/mol. The van der Waals surface area contributed by atoms with Gasteiger partial charge in [-0.05, 0) is 37.7 Å². The molecule has 0 unspecified atom stereocenters. The summed E-state index contributed by atoms with van der Waals surface area (Å²) in [7, 11) is 2.14. The number of likely N-dealkylation sites (N-methyl/N-ethyl adjacent to an activating group) is 1. The Labute approximate surface area is 138 Å². The maximum atomic E-state index is 4.59. The second-order valence-corrected chi connectivity index (χ2v) is 6.43. The molecule has 1 fully saturated rings. The highest BCUT2D eigenvalue weighted by Gasteiger charge is 2.16. The molecular weight excluding hydrogens is 344 g/mol. The molecule has 0 saturated carbocycles. The smallest absolute Gasteiger partial charge is 0.249 e. The SMILES string of the molecule is Cc1cc(Br)ccc1Nc1nncc(N2CCN(C)CC2)n1. The lowest BCUT2D eigenvalue weighted by Crippen LogP contribution is -2.44. The number of hydrogen-bond acceptors (Lipinski definition) is 6. The number of nitrogens with zero attached hydrogens (tertiary/aromatic N) is 5. The van der Waals surface area contributed by atoms with Gasteiger partial charge in [-0.3, -0.25) is 0 Å². The molecule has 2 aromatic rings. The first kappa shape index (κ1) is 15.2. The lowest BCUT2D eigenvalue weighted by atomic mass is 10.2. The highest BCUT2D eigenvalue weighted by atomic mass is 79.9. The van der Waals surface area contributed by atoms with Gasteiger partial charge in [-0.15, -0.1) is 5.10 Å². The van der Waals surface area contributed by atoms with Crippen LogP contribution in [0.3, 0.4) is 0 Å². The normalized spacial score (nSPS) is 15.9. The highest BCUT2D eigenvalue weighted by Crippen LogP contribution is 2.23. The van der Waals surface area contributed by atoms with E-state index in [9.17, 15) is 0 Å². The average molecular weight is 363 g/mol. The molecule has 1 aromatic carbocycles. The van der Waals surface area contributed by atoms with Crippen molar-refractivity contribution in [2.24, 2.45) is 0 Å². The molecule has 0 amide bonds. The van der Waals surface area contributed by atoms with Gasteiger partial charge in [0.2, 0.25) is 5.95 Å². The Hall–Kier alpha value is -1.73. The van der Waals surface area contributed by atoms with Crippen LogP contribution in [0.4, 0.5) is 17.5 Å². The van der Waals surface area contributed by atoms with Crippen molar-refractivity contribution in [3.8, 4) is 0 Å². The fourth-order valence-corrected chi connectivity index (χ4v) is 2.90. The van der Waals surface area contributed by atoms with Gasteiger partial charge in [0, 0.05) is 36.3 Å². The molecule has 1 N–H and O–H groups in total. The Morgan fingerprint density at radius 2 is 1.95 bits per heavy atom. The zero-order valence-electron chi connectivity index (χ0n) is 12.8. The van der Waals surface area contributed by atoms with E-state index in [4.69, 9.17) is 0 Å². The van der Waals surface area contributed by atoms with Gasteiger partial charge in [-0.25, -0.2) is 0 Å². The second kappa shape index (κ2) is 6.58. The third kappa shape index (κ3) is 3.53. The minimum absolute atomic E-state index is 0.529. The standard InChI is InChI=1S/C15H19BrN6/c1-11-9-12(16)3-4-13(11)18-15-19-14(10-17-20-15)22-7-5-21(2)6-8-22/h3-4,9-10H,5-8H2,1-2H3,(H,18,19,20). The van der Waals surface area contributed by atoms with Crippen LogP contribution in [0.1, 0.15) is 5.56 Å². The van der Waals surface area contributed by atoms with E-state index in [1.165, 1.54) is 0 Å². The van der Waals surface area contributed by atoms with Gasteiger partial charge in [-0.1, -0.05) is 15.9 Å². The first-order valence-electron chi connectivity index (χ1n) is 7.28. The van der Waals surface area contributed by atoms with Gasteiger partial charge in [0.05, 0.1) is 6.20 Å². The van der Waals surface area contributed by atoms with Crippen LogP contribution in [0.5, 0.6) is 0 Å². The fraction of sp³-hybridized carbons (Fsp3) is 0.400. The molecule has 1 aliphatic heterocycles. The van der Waals surface area contributed by atoms with Crippen LogP contribution in [0.2, 0.25) is 0 Å². The molecule has 0 aliphatic carbocycles. The van der Waals surface area contributed by atoms with E-state index < -0.39 is 0 Å². The van der Waals surface area contributed by atoms with Crippen molar-refractivity contribution in [3.63, 3.8) is 0 Å². The number of halogens is 1. The molecule has 6 nitrogen and oxygen atoms in total. The Kier molecular flexibility index (Phi) is 4.54. The molecule has 0 bridgehead atoms. The number of benzene rings is 1. The quantitative estimate of drug-likeness (QED) is 0.904. The van der Waals surface area contributed by atoms with E-state index in [-0.39, 0.29) is 0 Å². The molecular formula is C15H19BrN6. The molecule has 0 atom stereocenters. The summed E-state index contributed by atoms with van der Waals surface area (Å²) in [5.74, 6) is 1.40. The summed E-state index contributed by atoms with van der Waals surface area (Å²) in [6.07, 6.45) is 1.73. The summed E-state index contributed by atoms with van der Waals surface area (Å²) in [5.41, 5.74) is 2.11. The molecule has 0 radical (unpaired) electrons. The molecule has 2 heterocycles. The van der Waals surface area contributed by atoms with Gasteiger partial charge < -0.3 is 15.1 Å². The summed E-state index contributed by atoms with van der Waals surface area (Å²) in [6, 6.07) is 6.05. The molecule has 0 spiro atoms. The largest absolute Gasteiger partial charge is 0.353 e. The zero-order chi connectivity index (χ0) is 15.5. The van der Waals surface area contributed by atoms with Gasteiger partial charge in [0.25, 0.3) is 0 Å². The van der Waals surface area contributed by atoms with Crippen LogP contribution in [-0.4, -0.2) is 53.3 Å². The van der Waals surface area contributed by atoms with Crippen molar-refractivity contribution in [1.29, 1.82) is 0 Å². The predicted octanol–water partition coefficient (Wildman–Crippen LogP) is 2.44. The monoisotopic (exact) mass is 362 g/mol. The lowest BCUT2D eigenvalue weighted by Gasteiger charge is -2.32. The summed E-state index contributed by atoms with van der Waals surface area (Å²) >= 11 is 3.47. The van der Waals surface area contributed by atoms with Crippen molar-refractivity contribution in [1.82, 2.24) is 20.1 Å². The van der Waals surface area contributed by atoms with Crippen LogP contribution in [0.15, 0.2) is 28.9 Å². The van der Waals surface area contributed by atoms with Crippen molar-refractivity contribution < 1.29 is 0 Å². The molecule has 1 aromatic heterocycles. The molecule has 116 valence electrons. The number of anilines is 3. The van der Waals surface area contributed by atoms with Gasteiger partial charge in [0.15, 0.2) is 5.82 Å². The second-order valence-electron chi connectivity index (χ2n) is 5.51. The summed E-state index contributed by atoms with van der Waals surface area (Å²) in [4.78, 5) is 9.15.